The van der Waals surface area contributed by atoms with Gasteiger partial charge in [-0.1, -0.05) is 30.3 Å². The van der Waals surface area contributed by atoms with Crippen LogP contribution in [-0.2, 0) is 19.9 Å². The Balaban J connectivity index is 1.41. The molecule has 30 heavy (non-hydrogen) atoms. The Bertz CT molecular complexity index is 1060. The molecule has 2 aromatic heterocycles. The molecule has 0 atom stereocenters. The number of aromatic nitrogens is 4. The number of imidazole rings is 1. The largest absolute Gasteiger partial charge is 0.354 e. The monoisotopic (exact) mass is 402 g/mol. The van der Waals surface area contributed by atoms with Crippen LogP contribution < -0.4 is 4.90 Å². The number of fused-ring (bicyclic) bond motifs is 1. The van der Waals surface area contributed by atoms with Gasteiger partial charge in [0.2, 0.25) is 0 Å². The third-order valence-corrected chi connectivity index (χ3v) is 6.06. The quantitative estimate of drug-likeness (QED) is 0.674. The molecule has 3 heterocycles. The lowest BCUT2D eigenvalue weighted by molar-refractivity contribution is 0.0757. The van der Waals surface area contributed by atoms with E-state index in [9.17, 15) is 4.79 Å². The molecule has 1 aliphatic carbocycles. The van der Waals surface area contributed by atoms with Crippen LogP contribution in [0.15, 0.2) is 42.9 Å². The van der Waals surface area contributed by atoms with Crippen LogP contribution in [-0.4, -0.2) is 56.5 Å². The van der Waals surface area contributed by atoms with E-state index >= 15 is 0 Å². The Morgan fingerprint density at radius 3 is 2.63 bits per heavy atom. The maximum absolute atomic E-state index is 12.9. The van der Waals surface area contributed by atoms with Crippen molar-refractivity contribution >= 4 is 11.7 Å². The summed E-state index contributed by atoms with van der Waals surface area (Å²) in [6, 6.07) is 10.2. The fourth-order valence-corrected chi connectivity index (χ4v) is 4.45. The summed E-state index contributed by atoms with van der Waals surface area (Å²) in [7, 11) is 1.86. The predicted octanol–water partition coefficient (Wildman–Crippen LogP) is 2.72. The fraction of sp³-hybridized carbons (Fsp3) is 0.391. The number of rotatable bonds is 3. The van der Waals surface area contributed by atoms with Gasteiger partial charge in [-0.15, -0.1) is 0 Å². The smallest absolute Gasteiger partial charge is 0.272 e. The van der Waals surface area contributed by atoms with Crippen molar-refractivity contribution in [3.05, 3.63) is 59.8 Å². The Morgan fingerprint density at radius 1 is 0.967 bits per heavy atom. The molecule has 1 fully saturated rings. The first kappa shape index (κ1) is 18.8. The first-order valence-corrected chi connectivity index (χ1v) is 10.7. The second-order valence-corrected chi connectivity index (χ2v) is 8.04. The van der Waals surface area contributed by atoms with Crippen molar-refractivity contribution in [2.75, 3.05) is 31.1 Å². The number of anilines is 1. The molecule has 0 saturated carbocycles. The Kier molecular flexibility index (Phi) is 4.94. The maximum Gasteiger partial charge on any atom is 0.272 e. The average molecular weight is 403 g/mol. The summed E-state index contributed by atoms with van der Waals surface area (Å²) < 4.78 is 1.79. The molecule has 3 aromatic rings. The average Bonchev–Trinajstić information content (AvgIpc) is 3.35. The highest BCUT2D eigenvalue weighted by Gasteiger charge is 2.27. The second kappa shape index (κ2) is 7.89. The van der Waals surface area contributed by atoms with Crippen LogP contribution in [0.25, 0.3) is 11.4 Å². The molecule has 1 amide bonds. The number of nitrogens with zero attached hydrogens (tertiary/aromatic N) is 6. The summed E-state index contributed by atoms with van der Waals surface area (Å²) in [5.41, 5.74) is 4.17. The van der Waals surface area contributed by atoms with Crippen molar-refractivity contribution in [3.63, 3.8) is 0 Å². The fourth-order valence-electron chi connectivity index (χ4n) is 4.45. The number of aryl methyl sites for hydroxylation is 2. The van der Waals surface area contributed by atoms with Crippen molar-refractivity contribution in [2.45, 2.75) is 25.7 Å². The molecule has 1 aliphatic heterocycles. The number of amides is 1. The second-order valence-electron chi connectivity index (χ2n) is 8.04. The SMILES string of the molecule is Cn1cncc1C(=O)N1CCCN(c2nc(-c3ccccc3)nc3c2CCC3)CC1. The van der Waals surface area contributed by atoms with Gasteiger partial charge in [0, 0.05) is 50.0 Å². The minimum atomic E-state index is 0.0507. The highest BCUT2D eigenvalue weighted by Crippen LogP contribution is 2.32. The number of hydrogen-bond donors (Lipinski definition) is 0. The first-order chi connectivity index (χ1) is 14.7. The minimum absolute atomic E-state index is 0.0507. The third-order valence-electron chi connectivity index (χ3n) is 6.06. The van der Waals surface area contributed by atoms with E-state index < -0.39 is 0 Å². The van der Waals surface area contributed by atoms with Gasteiger partial charge in [0.15, 0.2) is 5.82 Å². The van der Waals surface area contributed by atoms with Gasteiger partial charge in [-0.25, -0.2) is 15.0 Å². The van der Waals surface area contributed by atoms with Crippen LogP contribution in [0.4, 0.5) is 5.82 Å². The molecule has 2 aliphatic rings. The van der Waals surface area contributed by atoms with Gasteiger partial charge < -0.3 is 14.4 Å². The Hall–Kier alpha value is -3.22. The van der Waals surface area contributed by atoms with E-state index in [4.69, 9.17) is 9.97 Å². The minimum Gasteiger partial charge on any atom is -0.354 e. The van der Waals surface area contributed by atoms with Crippen LogP contribution >= 0.6 is 0 Å². The van der Waals surface area contributed by atoms with E-state index in [0.717, 1.165) is 62.5 Å². The lowest BCUT2D eigenvalue weighted by atomic mass is 10.1. The van der Waals surface area contributed by atoms with Crippen molar-refractivity contribution in [3.8, 4) is 11.4 Å². The van der Waals surface area contributed by atoms with E-state index in [1.54, 1.807) is 17.1 Å². The summed E-state index contributed by atoms with van der Waals surface area (Å²) in [4.78, 5) is 31.2. The standard InChI is InChI=1S/C23H26N6O/c1-27-16-24-15-20(27)23(30)29-12-6-11-28(13-14-29)22-18-9-5-10-19(18)25-21(26-22)17-7-3-2-4-8-17/h2-4,7-8,15-16H,5-6,9-14H2,1H3. The molecule has 0 radical (unpaired) electrons. The van der Waals surface area contributed by atoms with Gasteiger partial charge in [-0.2, -0.15) is 0 Å². The number of benzene rings is 1. The van der Waals surface area contributed by atoms with E-state index in [-0.39, 0.29) is 5.91 Å². The lowest BCUT2D eigenvalue weighted by Crippen LogP contribution is -2.36. The van der Waals surface area contributed by atoms with Crippen LogP contribution in [0.1, 0.15) is 34.6 Å². The zero-order chi connectivity index (χ0) is 20.5. The van der Waals surface area contributed by atoms with Gasteiger partial charge in [0.05, 0.1) is 12.5 Å². The molecule has 1 saturated heterocycles. The van der Waals surface area contributed by atoms with E-state index in [2.05, 4.69) is 22.0 Å². The van der Waals surface area contributed by atoms with Crippen LogP contribution in [0, 0.1) is 0 Å². The van der Waals surface area contributed by atoms with Crippen molar-refractivity contribution in [1.29, 1.82) is 0 Å². The number of hydrogen-bond acceptors (Lipinski definition) is 5. The van der Waals surface area contributed by atoms with E-state index in [1.165, 1.54) is 11.3 Å². The summed E-state index contributed by atoms with van der Waals surface area (Å²) in [6.45, 7) is 3.11. The van der Waals surface area contributed by atoms with Crippen molar-refractivity contribution in [2.24, 2.45) is 7.05 Å². The zero-order valence-electron chi connectivity index (χ0n) is 17.3. The van der Waals surface area contributed by atoms with Crippen LogP contribution in [0.2, 0.25) is 0 Å². The highest BCUT2D eigenvalue weighted by molar-refractivity contribution is 5.92. The van der Waals surface area contributed by atoms with Crippen molar-refractivity contribution in [1.82, 2.24) is 24.4 Å². The number of carbonyl (C=O) groups excluding carboxylic acids is 1. The predicted molar refractivity (Wildman–Crippen MR) is 115 cm³/mol. The highest BCUT2D eigenvalue weighted by atomic mass is 16.2. The summed E-state index contributed by atoms with van der Waals surface area (Å²) in [5, 5.41) is 0. The molecule has 7 heteroatoms. The molecular weight excluding hydrogens is 376 g/mol. The summed E-state index contributed by atoms with van der Waals surface area (Å²) >= 11 is 0. The lowest BCUT2D eigenvalue weighted by Gasteiger charge is -2.25. The normalized spacial score (nSPS) is 16.4. The van der Waals surface area contributed by atoms with Crippen LogP contribution in [0.5, 0.6) is 0 Å². The maximum atomic E-state index is 12.9. The molecule has 0 N–H and O–H groups in total. The zero-order valence-corrected chi connectivity index (χ0v) is 17.3. The third kappa shape index (κ3) is 3.44. The molecule has 0 spiro atoms. The summed E-state index contributed by atoms with van der Waals surface area (Å²) in [5.74, 6) is 1.92. The summed E-state index contributed by atoms with van der Waals surface area (Å²) in [6.07, 6.45) is 7.43. The van der Waals surface area contributed by atoms with Gasteiger partial charge in [-0.3, -0.25) is 4.79 Å². The van der Waals surface area contributed by atoms with Gasteiger partial charge in [0.25, 0.3) is 5.91 Å². The van der Waals surface area contributed by atoms with E-state index in [0.29, 0.717) is 12.2 Å². The molecule has 5 rings (SSSR count). The molecule has 7 nitrogen and oxygen atoms in total. The van der Waals surface area contributed by atoms with Gasteiger partial charge in [-0.05, 0) is 25.7 Å². The van der Waals surface area contributed by atoms with Crippen molar-refractivity contribution < 1.29 is 4.79 Å². The molecule has 154 valence electrons. The van der Waals surface area contributed by atoms with Gasteiger partial charge in [0.1, 0.15) is 11.5 Å². The molecular formula is C23H26N6O. The molecule has 0 bridgehead atoms. The molecule has 0 unspecified atom stereocenters. The Morgan fingerprint density at radius 2 is 1.83 bits per heavy atom. The number of carbonyl (C=O) groups is 1. The van der Waals surface area contributed by atoms with Crippen LogP contribution in [0.3, 0.4) is 0 Å². The topological polar surface area (TPSA) is 67.2 Å². The van der Waals surface area contributed by atoms with Gasteiger partial charge >= 0.3 is 0 Å². The van der Waals surface area contributed by atoms with E-state index in [1.807, 2.05) is 30.1 Å². The Labute approximate surface area is 176 Å². The first-order valence-electron chi connectivity index (χ1n) is 10.7. The molecule has 1 aromatic carbocycles.